The summed E-state index contributed by atoms with van der Waals surface area (Å²) in [5.41, 5.74) is 3.19. The first-order valence-corrected chi connectivity index (χ1v) is 9.71. The zero-order valence-electron chi connectivity index (χ0n) is 16.0. The topological polar surface area (TPSA) is 67.2 Å². The number of hydrogen-bond acceptors (Lipinski definition) is 3. The highest BCUT2D eigenvalue weighted by atomic mass is 16.2. The third kappa shape index (κ3) is 3.76. The number of nitrogens with zero attached hydrogens (tertiary/aromatic N) is 3. The van der Waals surface area contributed by atoms with Crippen LogP contribution >= 0.6 is 0 Å². The molecule has 1 fully saturated rings. The minimum absolute atomic E-state index is 0.139. The van der Waals surface area contributed by atoms with E-state index in [2.05, 4.69) is 9.88 Å². The molecular formula is C22H24N4O2. The average molecular weight is 376 g/mol. The zero-order valence-corrected chi connectivity index (χ0v) is 16.0. The van der Waals surface area contributed by atoms with E-state index in [1.807, 2.05) is 48.3 Å². The molecule has 2 amide bonds. The number of piperidine rings is 1. The summed E-state index contributed by atoms with van der Waals surface area (Å²) in [5.74, 6) is 1.05. The summed E-state index contributed by atoms with van der Waals surface area (Å²) in [7, 11) is 1.99. The molecule has 3 aromatic rings. The van der Waals surface area contributed by atoms with Gasteiger partial charge in [-0.05, 0) is 43.2 Å². The van der Waals surface area contributed by atoms with Gasteiger partial charge < -0.3 is 14.8 Å². The lowest BCUT2D eigenvalue weighted by atomic mass is 10.1. The number of aromatic nitrogens is 2. The van der Waals surface area contributed by atoms with Crippen molar-refractivity contribution in [1.82, 2.24) is 14.5 Å². The summed E-state index contributed by atoms with van der Waals surface area (Å²) in [4.78, 5) is 31.0. The van der Waals surface area contributed by atoms with E-state index in [-0.39, 0.29) is 11.8 Å². The third-order valence-electron chi connectivity index (χ3n) is 5.29. The molecule has 4 rings (SSSR count). The van der Waals surface area contributed by atoms with Crippen molar-refractivity contribution in [2.45, 2.75) is 25.7 Å². The second-order valence-corrected chi connectivity index (χ2v) is 7.20. The lowest BCUT2D eigenvalue weighted by Gasteiger charge is -2.26. The van der Waals surface area contributed by atoms with Gasteiger partial charge in [-0.2, -0.15) is 0 Å². The Morgan fingerprint density at radius 2 is 1.96 bits per heavy atom. The summed E-state index contributed by atoms with van der Waals surface area (Å²) >= 11 is 0. The van der Waals surface area contributed by atoms with Crippen LogP contribution in [0.25, 0.3) is 11.0 Å². The number of likely N-dealkylation sites (tertiary alicyclic amines) is 1. The molecule has 0 radical (unpaired) electrons. The third-order valence-corrected chi connectivity index (χ3v) is 5.29. The van der Waals surface area contributed by atoms with Crippen molar-refractivity contribution in [3.63, 3.8) is 0 Å². The molecule has 0 bridgehead atoms. The predicted octanol–water partition coefficient (Wildman–Crippen LogP) is 3.38. The lowest BCUT2D eigenvalue weighted by Crippen LogP contribution is -2.36. The zero-order chi connectivity index (χ0) is 19.5. The monoisotopic (exact) mass is 376 g/mol. The van der Waals surface area contributed by atoms with Crippen molar-refractivity contribution in [3.05, 3.63) is 59.9 Å². The molecule has 0 unspecified atom stereocenters. The minimum Gasteiger partial charge on any atom is -0.342 e. The maximum absolute atomic E-state index is 12.4. The average Bonchev–Trinajstić information content (AvgIpc) is 3.03. The Balaban J connectivity index is 1.49. The van der Waals surface area contributed by atoms with Gasteiger partial charge in [0.05, 0.1) is 11.0 Å². The summed E-state index contributed by atoms with van der Waals surface area (Å²) < 4.78 is 2.06. The van der Waals surface area contributed by atoms with Crippen LogP contribution < -0.4 is 5.32 Å². The predicted molar refractivity (Wildman–Crippen MR) is 109 cm³/mol. The molecule has 1 aromatic heterocycles. The number of anilines is 1. The Kier molecular flexibility index (Phi) is 5.10. The minimum atomic E-state index is -0.139. The van der Waals surface area contributed by atoms with Crippen LogP contribution in [0.2, 0.25) is 0 Å². The van der Waals surface area contributed by atoms with Crippen molar-refractivity contribution < 1.29 is 9.59 Å². The van der Waals surface area contributed by atoms with E-state index in [9.17, 15) is 9.59 Å². The summed E-state index contributed by atoms with van der Waals surface area (Å²) in [6.07, 6.45) is 3.47. The Morgan fingerprint density at radius 1 is 1.14 bits per heavy atom. The normalized spacial score (nSPS) is 14.5. The van der Waals surface area contributed by atoms with E-state index in [0.717, 1.165) is 48.4 Å². The fraction of sp³-hybridized carbons (Fsp3) is 0.318. The first kappa shape index (κ1) is 18.2. The van der Waals surface area contributed by atoms with Gasteiger partial charge >= 0.3 is 0 Å². The molecule has 6 nitrogen and oxygen atoms in total. The van der Waals surface area contributed by atoms with Crippen LogP contribution in [0.15, 0.2) is 48.5 Å². The first-order valence-electron chi connectivity index (χ1n) is 9.71. The number of carbonyl (C=O) groups excluding carboxylic acids is 2. The SMILES string of the molecule is Cn1c(CCN2CCCCC2=O)nc2cc(NC(=O)c3ccccc3)ccc21. The molecule has 1 aliphatic heterocycles. The number of carbonyl (C=O) groups is 2. The first-order chi connectivity index (χ1) is 13.6. The van der Waals surface area contributed by atoms with Gasteiger partial charge in [0, 0.05) is 44.2 Å². The van der Waals surface area contributed by atoms with Gasteiger partial charge in [-0.15, -0.1) is 0 Å². The number of hydrogen-bond donors (Lipinski definition) is 1. The van der Waals surface area contributed by atoms with E-state index < -0.39 is 0 Å². The van der Waals surface area contributed by atoms with E-state index in [1.165, 1.54) is 0 Å². The van der Waals surface area contributed by atoms with Gasteiger partial charge in [0.2, 0.25) is 5.91 Å². The largest absolute Gasteiger partial charge is 0.342 e. The number of rotatable bonds is 5. The van der Waals surface area contributed by atoms with Crippen molar-refractivity contribution in [1.29, 1.82) is 0 Å². The second kappa shape index (κ2) is 7.84. The maximum atomic E-state index is 12.4. The molecule has 1 aliphatic rings. The Labute approximate surface area is 164 Å². The summed E-state index contributed by atoms with van der Waals surface area (Å²) in [6.45, 7) is 1.55. The van der Waals surface area contributed by atoms with Crippen LogP contribution in [-0.2, 0) is 18.3 Å². The Bertz CT molecular complexity index is 1010. The highest BCUT2D eigenvalue weighted by Crippen LogP contribution is 2.21. The lowest BCUT2D eigenvalue weighted by molar-refractivity contribution is -0.133. The Hall–Kier alpha value is -3.15. The quantitative estimate of drug-likeness (QED) is 0.742. The molecule has 0 aliphatic carbocycles. The van der Waals surface area contributed by atoms with E-state index >= 15 is 0 Å². The molecule has 1 saturated heterocycles. The molecule has 144 valence electrons. The summed E-state index contributed by atoms with van der Waals surface area (Å²) in [6, 6.07) is 14.9. The van der Waals surface area contributed by atoms with Crippen LogP contribution in [-0.4, -0.2) is 39.4 Å². The number of nitrogens with one attached hydrogen (secondary N) is 1. The smallest absolute Gasteiger partial charge is 0.255 e. The molecule has 2 heterocycles. The van der Waals surface area contributed by atoms with Crippen LogP contribution in [0.5, 0.6) is 0 Å². The van der Waals surface area contributed by atoms with Crippen LogP contribution in [0.1, 0.15) is 35.4 Å². The van der Waals surface area contributed by atoms with Gasteiger partial charge in [-0.25, -0.2) is 4.98 Å². The molecule has 2 aromatic carbocycles. The maximum Gasteiger partial charge on any atom is 0.255 e. The number of aryl methyl sites for hydroxylation is 1. The van der Waals surface area contributed by atoms with Crippen molar-refractivity contribution in [3.8, 4) is 0 Å². The van der Waals surface area contributed by atoms with E-state index in [1.54, 1.807) is 12.1 Å². The van der Waals surface area contributed by atoms with Gasteiger partial charge in [-0.1, -0.05) is 18.2 Å². The summed E-state index contributed by atoms with van der Waals surface area (Å²) in [5, 5.41) is 2.93. The highest BCUT2D eigenvalue weighted by molar-refractivity contribution is 6.04. The fourth-order valence-corrected chi connectivity index (χ4v) is 3.68. The fourth-order valence-electron chi connectivity index (χ4n) is 3.68. The van der Waals surface area contributed by atoms with Crippen LogP contribution in [0.4, 0.5) is 5.69 Å². The van der Waals surface area contributed by atoms with Crippen LogP contribution in [0, 0.1) is 0 Å². The van der Waals surface area contributed by atoms with Gasteiger partial charge in [0.25, 0.3) is 5.91 Å². The van der Waals surface area contributed by atoms with Gasteiger partial charge in [0.1, 0.15) is 5.82 Å². The molecule has 0 atom stereocenters. The van der Waals surface area contributed by atoms with E-state index in [4.69, 9.17) is 4.98 Å². The van der Waals surface area contributed by atoms with Gasteiger partial charge in [-0.3, -0.25) is 9.59 Å². The number of amides is 2. The molecule has 0 spiro atoms. The number of fused-ring (bicyclic) bond motifs is 1. The van der Waals surface area contributed by atoms with Crippen molar-refractivity contribution >= 4 is 28.5 Å². The van der Waals surface area contributed by atoms with E-state index in [0.29, 0.717) is 18.5 Å². The number of benzene rings is 2. The highest BCUT2D eigenvalue weighted by Gasteiger charge is 2.18. The second-order valence-electron chi connectivity index (χ2n) is 7.20. The van der Waals surface area contributed by atoms with Crippen molar-refractivity contribution in [2.24, 2.45) is 7.05 Å². The number of imidazole rings is 1. The Morgan fingerprint density at radius 3 is 2.75 bits per heavy atom. The van der Waals surface area contributed by atoms with Crippen LogP contribution in [0.3, 0.4) is 0 Å². The molecule has 1 N–H and O–H groups in total. The molecule has 6 heteroatoms. The molecular weight excluding hydrogens is 352 g/mol. The standard InChI is InChI=1S/C22H24N4O2/c1-25-19-11-10-17(23-22(28)16-7-3-2-4-8-16)15-18(19)24-20(25)12-14-26-13-6-5-9-21(26)27/h2-4,7-8,10-11,15H,5-6,9,12-14H2,1H3,(H,23,28). The molecule has 28 heavy (non-hydrogen) atoms. The van der Waals surface area contributed by atoms with Crippen molar-refractivity contribution in [2.75, 3.05) is 18.4 Å². The molecule has 0 saturated carbocycles. The van der Waals surface area contributed by atoms with Gasteiger partial charge in [0.15, 0.2) is 0 Å².